The van der Waals surface area contributed by atoms with Gasteiger partial charge in [0.1, 0.15) is 0 Å². The number of thioether (sulfide) groups is 1. The monoisotopic (exact) mass is 172 g/mol. The third kappa shape index (κ3) is 2.73. The SMILES string of the molecule is CCCNC1=NCC(C)(C)S1. The molecule has 0 aromatic rings. The second-order valence-corrected chi connectivity index (χ2v) is 5.11. The molecule has 0 fully saturated rings. The topological polar surface area (TPSA) is 24.4 Å². The molecule has 1 aliphatic rings. The minimum absolute atomic E-state index is 0.316. The van der Waals surface area contributed by atoms with Gasteiger partial charge in [0, 0.05) is 11.3 Å². The van der Waals surface area contributed by atoms with E-state index in [9.17, 15) is 0 Å². The van der Waals surface area contributed by atoms with Crippen molar-refractivity contribution in [2.75, 3.05) is 13.1 Å². The molecule has 0 atom stereocenters. The molecule has 11 heavy (non-hydrogen) atoms. The number of nitrogens with one attached hydrogen (secondary N) is 1. The van der Waals surface area contributed by atoms with Gasteiger partial charge in [0.05, 0.1) is 6.54 Å². The molecular weight excluding hydrogens is 156 g/mol. The zero-order chi connectivity index (χ0) is 8.32. The highest BCUT2D eigenvalue weighted by molar-refractivity contribution is 8.15. The average molecular weight is 172 g/mol. The summed E-state index contributed by atoms with van der Waals surface area (Å²) in [7, 11) is 0. The number of nitrogens with zero attached hydrogens (tertiary/aromatic N) is 1. The van der Waals surface area contributed by atoms with E-state index in [1.54, 1.807) is 0 Å². The van der Waals surface area contributed by atoms with Gasteiger partial charge in [-0.1, -0.05) is 18.7 Å². The van der Waals surface area contributed by atoms with E-state index in [-0.39, 0.29) is 0 Å². The molecular formula is C8H16N2S. The molecule has 1 rings (SSSR count). The van der Waals surface area contributed by atoms with Crippen molar-refractivity contribution in [3.63, 3.8) is 0 Å². The highest BCUT2D eigenvalue weighted by Crippen LogP contribution is 2.30. The minimum atomic E-state index is 0.316. The molecule has 2 nitrogen and oxygen atoms in total. The molecule has 0 radical (unpaired) electrons. The predicted molar refractivity (Wildman–Crippen MR) is 52.3 cm³/mol. The number of hydrogen-bond donors (Lipinski definition) is 1. The Bertz CT molecular complexity index is 163. The first-order valence-electron chi connectivity index (χ1n) is 4.11. The zero-order valence-corrected chi connectivity index (χ0v) is 8.29. The summed E-state index contributed by atoms with van der Waals surface area (Å²) >= 11 is 1.85. The van der Waals surface area contributed by atoms with Crippen molar-refractivity contribution in [3.05, 3.63) is 0 Å². The normalized spacial score (nSPS) is 21.5. The fourth-order valence-electron chi connectivity index (χ4n) is 0.912. The summed E-state index contributed by atoms with van der Waals surface area (Å²) < 4.78 is 0.316. The van der Waals surface area contributed by atoms with Crippen molar-refractivity contribution < 1.29 is 0 Å². The molecule has 0 aromatic heterocycles. The van der Waals surface area contributed by atoms with Crippen LogP contribution in [0.25, 0.3) is 0 Å². The first kappa shape index (κ1) is 8.91. The largest absolute Gasteiger partial charge is 0.365 e. The Morgan fingerprint density at radius 2 is 2.36 bits per heavy atom. The number of amidine groups is 1. The Morgan fingerprint density at radius 3 is 2.82 bits per heavy atom. The maximum Gasteiger partial charge on any atom is 0.157 e. The van der Waals surface area contributed by atoms with E-state index in [0.29, 0.717) is 4.75 Å². The second kappa shape index (κ2) is 3.48. The Labute approximate surface area is 72.9 Å². The number of aliphatic imine (C=N–C) groups is 1. The van der Waals surface area contributed by atoms with Crippen LogP contribution in [0.5, 0.6) is 0 Å². The van der Waals surface area contributed by atoms with Crippen LogP contribution in [-0.2, 0) is 0 Å². The smallest absolute Gasteiger partial charge is 0.157 e. The van der Waals surface area contributed by atoms with E-state index in [0.717, 1.165) is 18.3 Å². The van der Waals surface area contributed by atoms with Crippen LogP contribution in [0.4, 0.5) is 0 Å². The maximum absolute atomic E-state index is 4.39. The first-order chi connectivity index (χ1) is 5.14. The van der Waals surface area contributed by atoms with Crippen LogP contribution in [0, 0.1) is 0 Å². The lowest BCUT2D eigenvalue weighted by Crippen LogP contribution is -2.22. The van der Waals surface area contributed by atoms with E-state index < -0.39 is 0 Å². The quantitative estimate of drug-likeness (QED) is 0.687. The molecule has 1 N–H and O–H groups in total. The maximum atomic E-state index is 4.39. The van der Waals surface area contributed by atoms with E-state index >= 15 is 0 Å². The summed E-state index contributed by atoms with van der Waals surface area (Å²) in [6.45, 7) is 8.60. The summed E-state index contributed by atoms with van der Waals surface area (Å²) in [5.41, 5.74) is 0. The first-order valence-corrected chi connectivity index (χ1v) is 4.93. The summed E-state index contributed by atoms with van der Waals surface area (Å²) in [4.78, 5) is 4.39. The van der Waals surface area contributed by atoms with E-state index in [2.05, 4.69) is 31.1 Å². The van der Waals surface area contributed by atoms with Crippen molar-refractivity contribution >= 4 is 16.9 Å². The van der Waals surface area contributed by atoms with Crippen LogP contribution in [0.15, 0.2) is 4.99 Å². The molecule has 0 aromatic carbocycles. The summed E-state index contributed by atoms with van der Waals surface area (Å²) in [5, 5.41) is 4.42. The van der Waals surface area contributed by atoms with Crippen molar-refractivity contribution in [2.45, 2.75) is 31.9 Å². The van der Waals surface area contributed by atoms with Gasteiger partial charge in [-0.3, -0.25) is 4.99 Å². The Hall–Kier alpha value is -0.180. The molecule has 0 saturated carbocycles. The lowest BCUT2D eigenvalue weighted by atomic mass is 10.2. The minimum Gasteiger partial charge on any atom is -0.365 e. The molecule has 1 heterocycles. The van der Waals surface area contributed by atoms with Crippen LogP contribution in [0.2, 0.25) is 0 Å². The van der Waals surface area contributed by atoms with Gasteiger partial charge in [-0.15, -0.1) is 0 Å². The van der Waals surface area contributed by atoms with E-state index in [4.69, 9.17) is 0 Å². The van der Waals surface area contributed by atoms with Gasteiger partial charge in [0.25, 0.3) is 0 Å². The predicted octanol–water partition coefficient (Wildman–Crippen LogP) is 1.87. The van der Waals surface area contributed by atoms with Gasteiger partial charge in [0.2, 0.25) is 0 Å². The van der Waals surface area contributed by atoms with Crippen LogP contribution in [-0.4, -0.2) is 23.0 Å². The van der Waals surface area contributed by atoms with Gasteiger partial charge in [-0.2, -0.15) is 0 Å². The van der Waals surface area contributed by atoms with Crippen molar-refractivity contribution in [2.24, 2.45) is 4.99 Å². The van der Waals surface area contributed by atoms with Gasteiger partial charge in [-0.05, 0) is 20.3 Å². The van der Waals surface area contributed by atoms with Crippen molar-refractivity contribution in [1.29, 1.82) is 0 Å². The third-order valence-electron chi connectivity index (χ3n) is 1.50. The standard InChI is InChI=1S/C8H16N2S/c1-4-5-9-7-10-6-8(2,3)11-7/h4-6H2,1-3H3,(H,9,10). The molecule has 1 aliphatic heterocycles. The van der Waals surface area contributed by atoms with Gasteiger partial charge >= 0.3 is 0 Å². The lowest BCUT2D eigenvalue weighted by molar-refractivity contribution is 0.739. The van der Waals surface area contributed by atoms with Gasteiger partial charge in [-0.25, -0.2) is 0 Å². The van der Waals surface area contributed by atoms with Crippen LogP contribution < -0.4 is 5.32 Å². The van der Waals surface area contributed by atoms with Crippen molar-refractivity contribution in [1.82, 2.24) is 5.32 Å². The Morgan fingerprint density at radius 1 is 1.64 bits per heavy atom. The summed E-state index contributed by atoms with van der Waals surface area (Å²) in [6, 6.07) is 0. The highest BCUT2D eigenvalue weighted by Gasteiger charge is 2.26. The third-order valence-corrected chi connectivity index (χ3v) is 2.65. The molecule has 64 valence electrons. The molecule has 0 aliphatic carbocycles. The Kier molecular flexibility index (Phi) is 2.82. The van der Waals surface area contributed by atoms with Gasteiger partial charge in [0.15, 0.2) is 5.17 Å². The fourth-order valence-corrected chi connectivity index (χ4v) is 1.87. The molecule has 0 unspecified atom stereocenters. The summed E-state index contributed by atoms with van der Waals surface area (Å²) in [6.07, 6.45) is 1.17. The lowest BCUT2D eigenvalue weighted by Gasteiger charge is -2.13. The molecule has 0 bridgehead atoms. The van der Waals surface area contributed by atoms with Gasteiger partial charge < -0.3 is 5.32 Å². The second-order valence-electron chi connectivity index (χ2n) is 3.41. The zero-order valence-electron chi connectivity index (χ0n) is 7.48. The van der Waals surface area contributed by atoms with Crippen LogP contribution in [0.1, 0.15) is 27.2 Å². The van der Waals surface area contributed by atoms with Crippen molar-refractivity contribution in [3.8, 4) is 0 Å². The Balaban J connectivity index is 2.29. The number of rotatable bonds is 2. The molecule has 0 amide bonds. The highest BCUT2D eigenvalue weighted by atomic mass is 32.2. The van der Waals surface area contributed by atoms with Crippen LogP contribution >= 0.6 is 11.8 Å². The van der Waals surface area contributed by atoms with E-state index in [1.807, 2.05) is 11.8 Å². The average Bonchev–Trinajstić information content (AvgIpc) is 2.26. The molecule has 0 saturated heterocycles. The summed E-state index contributed by atoms with van der Waals surface area (Å²) in [5.74, 6) is 0. The molecule has 3 heteroatoms. The number of hydrogen-bond acceptors (Lipinski definition) is 3. The molecule has 0 spiro atoms. The van der Waals surface area contributed by atoms with Crippen LogP contribution in [0.3, 0.4) is 0 Å². The van der Waals surface area contributed by atoms with E-state index in [1.165, 1.54) is 6.42 Å². The fraction of sp³-hybridized carbons (Fsp3) is 0.875.